The summed E-state index contributed by atoms with van der Waals surface area (Å²) in [4.78, 5) is 25.6. The Morgan fingerprint density at radius 2 is 2.04 bits per heavy atom. The van der Waals surface area contributed by atoms with Crippen molar-refractivity contribution in [1.82, 2.24) is 10.2 Å². The van der Waals surface area contributed by atoms with Crippen LogP contribution in [0.5, 0.6) is 0 Å². The molecule has 5 heteroatoms. The quantitative estimate of drug-likeness (QED) is 0.810. The zero-order chi connectivity index (χ0) is 17.6. The molecule has 1 heterocycles. The van der Waals surface area contributed by atoms with Crippen LogP contribution in [0.2, 0.25) is 0 Å². The largest absolute Gasteiger partial charge is 0.355 e. The number of hydrogen-bond donors (Lipinski definition) is 1. The molecule has 132 valence electrons. The van der Waals surface area contributed by atoms with E-state index in [1.807, 2.05) is 11.8 Å². The van der Waals surface area contributed by atoms with Crippen LogP contribution in [0.3, 0.4) is 0 Å². The van der Waals surface area contributed by atoms with Crippen molar-refractivity contribution in [2.24, 2.45) is 5.92 Å². The lowest BCUT2D eigenvalue weighted by atomic mass is 9.96. The third-order valence-corrected chi connectivity index (χ3v) is 5.72. The number of nitrogens with one attached hydrogen (secondary N) is 1. The normalized spacial score (nSPS) is 17.7. The van der Waals surface area contributed by atoms with Crippen LogP contribution in [0.15, 0.2) is 42.5 Å². The summed E-state index contributed by atoms with van der Waals surface area (Å²) in [6, 6.07) is 14.8. The predicted octanol–water partition coefficient (Wildman–Crippen LogP) is 3.06. The number of hydrogen-bond acceptors (Lipinski definition) is 3. The summed E-state index contributed by atoms with van der Waals surface area (Å²) < 4.78 is 0. The van der Waals surface area contributed by atoms with Gasteiger partial charge in [-0.15, -0.1) is 0 Å². The zero-order valence-corrected chi connectivity index (χ0v) is 15.3. The molecule has 1 saturated heterocycles. The van der Waals surface area contributed by atoms with Crippen LogP contribution in [0.25, 0.3) is 10.8 Å². The van der Waals surface area contributed by atoms with Crippen molar-refractivity contribution in [2.45, 2.75) is 18.6 Å². The molecule has 2 amide bonds. The minimum atomic E-state index is -0.160. The highest BCUT2D eigenvalue weighted by Crippen LogP contribution is 2.22. The summed E-state index contributed by atoms with van der Waals surface area (Å²) in [6.07, 6.45) is 1.10. The zero-order valence-electron chi connectivity index (χ0n) is 14.5. The predicted molar refractivity (Wildman–Crippen MR) is 103 cm³/mol. The molecule has 2 aromatic rings. The van der Waals surface area contributed by atoms with Crippen molar-refractivity contribution in [1.29, 1.82) is 0 Å². The van der Waals surface area contributed by atoms with Crippen LogP contribution in [-0.4, -0.2) is 42.6 Å². The molecule has 1 atom stereocenters. The number of thioether (sulfide) groups is 1. The van der Waals surface area contributed by atoms with E-state index in [0.29, 0.717) is 19.5 Å². The van der Waals surface area contributed by atoms with Gasteiger partial charge in [-0.05, 0) is 22.8 Å². The minimum Gasteiger partial charge on any atom is -0.355 e. The van der Waals surface area contributed by atoms with Crippen molar-refractivity contribution in [3.63, 3.8) is 0 Å². The second-order valence-corrected chi connectivity index (χ2v) is 7.59. The molecule has 0 radical (unpaired) electrons. The maximum atomic E-state index is 12.2. The fourth-order valence-electron chi connectivity index (χ4n) is 3.16. The summed E-state index contributed by atoms with van der Waals surface area (Å²) in [6.45, 7) is 1.32. The topological polar surface area (TPSA) is 49.4 Å². The molecule has 1 aliphatic rings. The van der Waals surface area contributed by atoms with Crippen molar-refractivity contribution in [2.75, 3.05) is 25.9 Å². The van der Waals surface area contributed by atoms with Crippen molar-refractivity contribution in [3.8, 4) is 0 Å². The minimum absolute atomic E-state index is 0.0206. The van der Waals surface area contributed by atoms with E-state index in [4.69, 9.17) is 0 Å². The molecule has 0 spiro atoms. The number of fused-ring (bicyclic) bond motifs is 1. The van der Waals surface area contributed by atoms with Crippen LogP contribution < -0.4 is 5.32 Å². The molecule has 1 unspecified atom stereocenters. The van der Waals surface area contributed by atoms with Gasteiger partial charge in [0.2, 0.25) is 11.8 Å². The number of likely N-dealkylation sites (tertiary alicyclic amines) is 1. The Labute approximate surface area is 153 Å². The van der Waals surface area contributed by atoms with Crippen LogP contribution in [0.4, 0.5) is 0 Å². The van der Waals surface area contributed by atoms with Gasteiger partial charge in [0, 0.05) is 44.0 Å². The Morgan fingerprint density at radius 1 is 1.24 bits per heavy atom. The monoisotopic (exact) mass is 356 g/mol. The van der Waals surface area contributed by atoms with Crippen LogP contribution in [0, 0.1) is 5.92 Å². The van der Waals surface area contributed by atoms with Gasteiger partial charge in [-0.1, -0.05) is 42.5 Å². The van der Waals surface area contributed by atoms with E-state index < -0.39 is 0 Å². The lowest BCUT2D eigenvalue weighted by Crippen LogP contribution is -2.42. The summed E-state index contributed by atoms with van der Waals surface area (Å²) in [5, 5.41) is 5.54. The lowest BCUT2D eigenvalue weighted by Gasteiger charge is -2.27. The second-order valence-electron chi connectivity index (χ2n) is 6.49. The van der Waals surface area contributed by atoms with E-state index in [-0.39, 0.29) is 17.7 Å². The van der Waals surface area contributed by atoms with E-state index in [0.717, 1.165) is 17.9 Å². The van der Waals surface area contributed by atoms with Gasteiger partial charge < -0.3 is 10.2 Å². The van der Waals surface area contributed by atoms with Gasteiger partial charge in [0.05, 0.1) is 0 Å². The smallest absolute Gasteiger partial charge is 0.223 e. The van der Waals surface area contributed by atoms with Crippen molar-refractivity contribution in [3.05, 3.63) is 48.0 Å². The highest BCUT2D eigenvalue weighted by atomic mass is 32.2. The molecule has 2 aromatic carbocycles. The molecular formula is C20H24N2O2S. The summed E-state index contributed by atoms with van der Waals surface area (Å²) in [5.74, 6) is 1.73. The lowest BCUT2D eigenvalue weighted by molar-refractivity contribution is -0.139. The number of nitrogens with zero attached hydrogens (tertiary/aromatic N) is 1. The molecular weight excluding hydrogens is 332 g/mol. The molecule has 25 heavy (non-hydrogen) atoms. The molecule has 4 nitrogen and oxygen atoms in total. The Hall–Kier alpha value is -2.01. The van der Waals surface area contributed by atoms with E-state index >= 15 is 0 Å². The second kappa shape index (κ2) is 8.39. The third-order valence-electron chi connectivity index (χ3n) is 4.71. The molecule has 0 bridgehead atoms. The van der Waals surface area contributed by atoms with Gasteiger partial charge in [0.1, 0.15) is 0 Å². The summed E-state index contributed by atoms with van der Waals surface area (Å²) in [5.41, 5.74) is 1.33. The molecule has 3 rings (SSSR count). The van der Waals surface area contributed by atoms with Crippen LogP contribution >= 0.6 is 11.8 Å². The first-order valence-electron chi connectivity index (χ1n) is 8.71. The summed E-state index contributed by atoms with van der Waals surface area (Å²) >= 11 is 1.82. The third kappa shape index (κ3) is 4.54. The number of amides is 2. The molecule has 0 aliphatic carbocycles. The van der Waals surface area contributed by atoms with E-state index in [9.17, 15) is 9.59 Å². The number of carbonyl (C=O) groups is 2. The molecule has 1 fully saturated rings. The first kappa shape index (κ1) is 17.8. The molecule has 0 saturated carbocycles. The molecule has 1 aliphatic heterocycles. The van der Waals surface area contributed by atoms with Gasteiger partial charge in [-0.3, -0.25) is 9.59 Å². The van der Waals surface area contributed by atoms with Gasteiger partial charge in [0.25, 0.3) is 0 Å². The average molecular weight is 356 g/mol. The maximum absolute atomic E-state index is 12.2. The Morgan fingerprint density at radius 3 is 2.88 bits per heavy atom. The standard InChI is InChI=1S/C20H24N2O2S/c1-22-11-9-16(13-19(22)23)20(24)21-10-12-25-14-17-7-4-6-15-5-2-3-8-18(15)17/h2-8,16H,9-14H2,1H3,(H,21,24). The average Bonchev–Trinajstić information content (AvgIpc) is 2.63. The number of piperidine rings is 1. The molecule has 1 N–H and O–H groups in total. The fourth-order valence-corrected chi connectivity index (χ4v) is 4.02. The van der Waals surface area contributed by atoms with Gasteiger partial charge in [-0.25, -0.2) is 0 Å². The van der Waals surface area contributed by atoms with E-state index in [1.54, 1.807) is 11.9 Å². The SMILES string of the molecule is CN1CCC(C(=O)NCCSCc2cccc3ccccc23)CC1=O. The Bertz CT molecular complexity index is 757. The van der Waals surface area contributed by atoms with Gasteiger partial charge in [-0.2, -0.15) is 11.8 Å². The highest BCUT2D eigenvalue weighted by molar-refractivity contribution is 7.98. The first-order chi connectivity index (χ1) is 12.1. The molecule has 0 aromatic heterocycles. The summed E-state index contributed by atoms with van der Waals surface area (Å²) in [7, 11) is 1.79. The highest BCUT2D eigenvalue weighted by Gasteiger charge is 2.28. The number of rotatable bonds is 6. The van der Waals surface area contributed by atoms with Gasteiger partial charge in [0.15, 0.2) is 0 Å². The Kier molecular flexibility index (Phi) is 5.97. The van der Waals surface area contributed by atoms with Crippen LogP contribution in [0.1, 0.15) is 18.4 Å². The number of benzene rings is 2. The van der Waals surface area contributed by atoms with Gasteiger partial charge >= 0.3 is 0 Å². The Balaban J connectivity index is 1.41. The number of carbonyl (C=O) groups excluding carboxylic acids is 2. The fraction of sp³-hybridized carbons (Fsp3) is 0.400. The first-order valence-corrected chi connectivity index (χ1v) is 9.86. The van der Waals surface area contributed by atoms with Crippen molar-refractivity contribution >= 4 is 34.3 Å². The van der Waals surface area contributed by atoms with E-state index in [1.165, 1.54) is 16.3 Å². The van der Waals surface area contributed by atoms with E-state index in [2.05, 4.69) is 47.8 Å². The van der Waals surface area contributed by atoms with Crippen LogP contribution in [-0.2, 0) is 15.3 Å². The maximum Gasteiger partial charge on any atom is 0.223 e. The van der Waals surface area contributed by atoms with Crippen molar-refractivity contribution < 1.29 is 9.59 Å².